The Bertz CT molecular complexity index is 1280. The van der Waals surface area contributed by atoms with E-state index in [9.17, 15) is 4.79 Å². The molecule has 4 heteroatoms. The second kappa shape index (κ2) is 7.16. The third-order valence-electron chi connectivity index (χ3n) is 5.53. The number of benzene rings is 4. The number of fused-ring (bicyclic) bond motifs is 2. The predicted molar refractivity (Wildman–Crippen MR) is 124 cm³/mol. The minimum atomic E-state index is -0.237. The van der Waals surface area contributed by atoms with Crippen LogP contribution in [-0.4, -0.2) is 23.8 Å². The van der Waals surface area contributed by atoms with Crippen molar-refractivity contribution in [1.82, 2.24) is 5.01 Å². The number of carbonyl (C=O) groups is 1. The third-order valence-corrected chi connectivity index (χ3v) is 5.53. The minimum Gasteiger partial charge on any atom is -0.277 e. The molecule has 0 atom stereocenters. The first-order valence-electron chi connectivity index (χ1n) is 9.94. The van der Waals surface area contributed by atoms with Crippen LogP contribution in [0, 0.1) is 0 Å². The fourth-order valence-corrected chi connectivity index (χ4v) is 4.14. The summed E-state index contributed by atoms with van der Waals surface area (Å²) >= 11 is 0. The Balaban J connectivity index is 1.74. The van der Waals surface area contributed by atoms with Gasteiger partial charge in [0, 0.05) is 7.05 Å². The second-order valence-electron chi connectivity index (χ2n) is 7.40. The summed E-state index contributed by atoms with van der Waals surface area (Å²) in [6.45, 7) is 1.85. The first-order chi connectivity index (χ1) is 14.6. The summed E-state index contributed by atoms with van der Waals surface area (Å²) in [5.74, 6) is 0.410. The molecule has 0 radical (unpaired) electrons. The number of aliphatic imine (C=N–C) groups is 1. The van der Waals surface area contributed by atoms with Crippen LogP contribution in [0.25, 0.3) is 27.6 Å². The smallest absolute Gasteiger partial charge is 0.277 e. The van der Waals surface area contributed by atoms with E-state index in [0.29, 0.717) is 11.5 Å². The van der Waals surface area contributed by atoms with Gasteiger partial charge in [0.25, 0.3) is 5.91 Å². The van der Waals surface area contributed by atoms with E-state index >= 15 is 0 Å². The number of amidine groups is 1. The zero-order valence-corrected chi connectivity index (χ0v) is 16.9. The Labute approximate surface area is 175 Å². The van der Waals surface area contributed by atoms with Gasteiger partial charge in [-0.25, -0.2) is 5.01 Å². The van der Waals surface area contributed by atoms with E-state index in [2.05, 4.69) is 35.3 Å². The number of carbonyl (C=O) groups excluding carboxylic acids is 1. The normalized spacial score (nSPS) is 15.9. The van der Waals surface area contributed by atoms with Crippen molar-refractivity contribution in [3.8, 4) is 0 Å². The molecule has 1 heterocycles. The molecule has 4 aromatic carbocycles. The van der Waals surface area contributed by atoms with Crippen molar-refractivity contribution in [3.63, 3.8) is 0 Å². The lowest BCUT2D eigenvalue weighted by Crippen LogP contribution is -2.48. The molecule has 0 bridgehead atoms. The topological polar surface area (TPSA) is 35.9 Å². The molecule has 0 saturated heterocycles. The molecule has 0 N–H and O–H groups in total. The van der Waals surface area contributed by atoms with Crippen molar-refractivity contribution >= 4 is 45.1 Å². The highest BCUT2D eigenvalue weighted by Crippen LogP contribution is 2.32. The van der Waals surface area contributed by atoms with E-state index in [4.69, 9.17) is 0 Å². The van der Waals surface area contributed by atoms with Gasteiger partial charge in [0.15, 0.2) is 0 Å². The van der Waals surface area contributed by atoms with Crippen LogP contribution in [0.15, 0.2) is 95.6 Å². The number of likely N-dealkylation sites (N-methyl/N-ethyl adjacent to an activating group) is 1. The maximum absolute atomic E-state index is 12.9. The molecule has 0 spiro atoms. The largest absolute Gasteiger partial charge is 0.296 e. The Morgan fingerprint density at radius 3 is 2.00 bits per heavy atom. The van der Waals surface area contributed by atoms with Gasteiger partial charge >= 0.3 is 0 Å². The van der Waals surface area contributed by atoms with Crippen molar-refractivity contribution < 1.29 is 4.79 Å². The number of hydrogen-bond acceptors (Lipinski definition) is 3. The summed E-state index contributed by atoms with van der Waals surface area (Å²) in [5, 5.41) is 8.36. The standard InChI is InChI=1S/C26H21N3O/c1-18-27-26(30)25(28(2)29(18)21-12-4-3-5-13-21)17-24-22-14-8-6-10-19(22)16-20-11-7-9-15-23(20)24/h3-17H,1-2H3. The molecule has 0 aliphatic carbocycles. The lowest BCUT2D eigenvalue weighted by Gasteiger charge is -2.38. The number of rotatable bonds is 2. The number of hydrazine groups is 1. The molecule has 4 aromatic rings. The number of amides is 1. The quantitative estimate of drug-likeness (QED) is 0.327. The van der Waals surface area contributed by atoms with Gasteiger partial charge in [-0.15, -0.1) is 0 Å². The van der Waals surface area contributed by atoms with Crippen LogP contribution in [0.4, 0.5) is 5.69 Å². The van der Waals surface area contributed by atoms with E-state index in [0.717, 1.165) is 32.8 Å². The molecule has 1 aliphatic rings. The SMILES string of the molecule is CC1=NC(=O)C(=Cc2c3ccccc3cc3ccccc23)N(C)N1c1ccccc1. The summed E-state index contributed by atoms with van der Waals surface area (Å²) in [4.78, 5) is 17.3. The molecular weight excluding hydrogens is 370 g/mol. The van der Waals surface area contributed by atoms with Gasteiger partial charge in [-0.2, -0.15) is 4.99 Å². The van der Waals surface area contributed by atoms with E-state index in [1.54, 1.807) is 0 Å². The zero-order valence-electron chi connectivity index (χ0n) is 16.9. The Morgan fingerprint density at radius 1 is 0.800 bits per heavy atom. The van der Waals surface area contributed by atoms with Crippen LogP contribution in [0.1, 0.15) is 12.5 Å². The fraction of sp³-hybridized carbons (Fsp3) is 0.0769. The average Bonchev–Trinajstić information content (AvgIpc) is 2.76. The third kappa shape index (κ3) is 2.94. The number of nitrogens with zero attached hydrogens (tertiary/aromatic N) is 3. The van der Waals surface area contributed by atoms with Crippen molar-refractivity contribution in [2.45, 2.75) is 6.92 Å². The first-order valence-corrected chi connectivity index (χ1v) is 9.94. The average molecular weight is 391 g/mol. The predicted octanol–water partition coefficient (Wildman–Crippen LogP) is 5.65. The Kier molecular flexibility index (Phi) is 4.32. The van der Waals surface area contributed by atoms with E-state index in [1.807, 2.05) is 84.7 Å². The molecule has 0 saturated carbocycles. The highest BCUT2D eigenvalue weighted by atomic mass is 16.2. The van der Waals surface area contributed by atoms with Gasteiger partial charge in [0.2, 0.25) is 0 Å². The van der Waals surface area contributed by atoms with Crippen LogP contribution in [0.2, 0.25) is 0 Å². The molecular formula is C26H21N3O. The van der Waals surface area contributed by atoms with Gasteiger partial charge in [0.1, 0.15) is 11.5 Å². The van der Waals surface area contributed by atoms with Crippen LogP contribution in [-0.2, 0) is 4.79 Å². The Hall–Kier alpha value is -3.92. The highest BCUT2D eigenvalue weighted by Gasteiger charge is 2.28. The van der Waals surface area contributed by atoms with E-state index in [-0.39, 0.29) is 5.91 Å². The molecule has 4 nitrogen and oxygen atoms in total. The van der Waals surface area contributed by atoms with Crippen molar-refractivity contribution in [3.05, 3.63) is 96.2 Å². The van der Waals surface area contributed by atoms with E-state index < -0.39 is 0 Å². The van der Waals surface area contributed by atoms with Crippen molar-refractivity contribution in [2.75, 3.05) is 12.1 Å². The maximum Gasteiger partial charge on any atom is 0.296 e. The monoisotopic (exact) mass is 391 g/mol. The van der Waals surface area contributed by atoms with Crippen LogP contribution in [0.5, 0.6) is 0 Å². The lowest BCUT2D eigenvalue weighted by molar-refractivity contribution is -0.116. The van der Waals surface area contributed by atoms with Crippen LogP contribution < -0.4 is 5.01 Å². The first kappa shape index (κ1) is 18.1. The molecule has 0 unspecified atom stereocenters. The van der Waals surface area contributed by atoms with Gasteiger partial charge in [-0.1, -0.05) is 66.7 Å². The summed E-state index contributed by atoms with van der Waals surface area (Å²) in [6.07, 6.45) is 1.97. The van der Waals surface area contributed by atoms with Gasteiger partial charge in [-0.05, 0) is 58.3 Å². The van der Waals surface area contributed by atoms with Gasteiger partial charge < -0.3 is 0 Å². The second-order valence-corrected chi connectivity index (χ2v) is 7.40. The maximum atomic E-state index is 12.9. The molecule has 0 aromatic heterocycles. The van der Waals surface area contributed by atoms with Crippen LogP contribution in [0.3, 0.4) is 0 Å². The van der Waals surface area contributed by atoms with Gasteiger partial charge in [-0.3, -0.25) is 9.80 Å². The van der Waals surface area contributed by atoms with Crippen molar-refractivity contribution in [1.29, 1.82) is 0 Å². The number of anilines is 1. The summed E-state index contributed by atoms with van der Waals surface area (Å²) < 4.78 is 0. The lowest BCUT2D eigenvalue weighted by atomic mass is 9.96. The highest BCUT2D eigenvalue weighted by molar-refractivity contribution is 6.14. The van der Waals surface area contributed by atoms with Gasteiger partial charge in [0.05, 0.1) is 5.69 Å². The zero-order chi connectivity index (χ0) is 20.7. The molecule has 1 amide bonds. The van der Waals surface area contributed by atoms with Crippen molar-refractivity contribution in [2.24, 2.45) is 4.99 Å². The van der Waals surface area contributed by atoms with Crippen LogP contribution >= 0.6 is 0 Å². The molecule has 1 aliphatic heterocycles. The summed E-state index contributed by atoms with van der Waals surface area (Å²) in [5.41, 5.74) is 2.52. The summed E-state index contributed by atoms with van der Waals surface area (Å²) in [7, 11) is 1.90. The number of hydrogen-bond donors (Lipinski definition) is 0. The molecule has 0 fully saturated rings. The van der Waals surface area contributed by atoms with E-state index in [1.165, 1.54) is 0 Å². The number of para-hydroxylation sites is 1. The Morgan fingerprint density at radius 2 is 1.37 bits per heavy atom. The minimum absolute atomic E-state index is 0.237. The fourth-order valence-electron chi connectivity index (χ4n) is 4.14. The molecule has 30 heavy (non-hydrogen) atoms. The molecule has 146 valence electrons. The molecule has 5 rings (SSSR count). The summed E-state index contributed by atoms with van der Waals surface area (Å²) in [6, 6.07) is 28.7.